The second-order valence-electron chi connectivity index (χ2n) is 5.81. The van der Waals surface area contributed by atoms with Gasteiger partial charge in [-0.3, -0.25) is 9.59 Å². The molecule has 7 nitrogen and oxygen atoms in total. The number of esters is 1. The van der Waals surface area contributed by atoms with Gasteiger partial charge in [-0.05, 0) is 31.2 Å². The number of ketones is 1. The highest BCUT2D eigenvalue weighted by molar-refractivity contribution is 6.20. The van der Waals surface area contributed by atoms with Crippen molar-refractivity contribution in [3.05, 3.63) is 72.1 Å². The molecule has 0 spiro atoms. The molecule has 7 heteroatoms. The van der Waals surface area contributed by atoms with E-state index in [0.29, 0.717) is 11.4 Å². The van der Waals surface area contributed by atoms with E-state index < -0.39 is 23.8 Å². The quantitative estimate of drug-likeness (QED) is 0.603. The molecule has 0 saturated heterocycles. The lowest BCUT2D eigenvalue weighted by molar-refractivity contribution is -0.150. The third-order valence-electron chi connectivity index (χ3n) is 3.78. The third-order valence-corrected chi connectivity index (χ3v) is 3.78. The van der Waals surface area contributed by atoms with Crippen LogP contribution in [0.1, 0.15) is 6.92 Å². The van der Waals surface area contributed by atoms with Crippen molar-refractivity contribution < 1.29 is 23.9 Å². The van der Waals surface area contributed by atoms with Crippen molar-refractivity contribution >= 4 is 29.0 Å². The number of Topliss-reactive ketones (excluding diaryl/α,β-unsaturated/α-hetero) is 1. The van der Waals surface area contributed by atoms with Gasteiger partial charge in [0.2, 0.25) is 11.7 Å². The first-order valence-electron chi connectivity index (χ1n) is 8.34. The average molecular weight is 366 g/mol. The standard InChI is InChI=1S/C20H18N2O5/c1-13(18(24)21-14-8-4-2-5-9-14)27-20(25)17-16(23)12-26-19(17)22-15-10-6-3-7-11-15/h2-11,13,22H,12H2,1H3,(H,21,24)/t13-/m0/s1. The Bertz CT molecular complexity index is 878. The molecule has 0 saturated carbocycles. The van der Waals surface area contributed by atoms with Gasteiger partial charge in [0, 0.05) is 11.4 Å². The topological polar surface area (TPSA) is 93.7 Å². The summed E-state index contributed by atoms with van der Waals surface area (Å²) in [6.07, 6.45) is -1.09. The molecule has 1 atom stereocenters. The van der Waals surface area contributed by atoms with Gasteiger partial charge in [0.25, 0.3) is 5.91 Å². The molecule has 0 unspecified atom stereocenters. The average Bonchev–Trinajstić information content (AvgIpc) is 3.03. The van der Waals surface area contributed by atoms with Crippen molar-refractivity contribution in [1.82, 2.24) is 0 Å². The van der Waals surface area contributed by atoms with Crippen molar-refractivity contribution in [3.8, 4) is 0 Å². The molecular formula is C20H18N2O5. The van der Waals surface area contributed by atoms with E-state index in [4.69, 9.17) is 9.47 Å². The Morgan fingerprint density at radius 2 is 1.59 bits per heavy atom. The van der Waals surface area contributed by atoms with Crippen LogP contribution >= 0.6 is 0 Å². The zero-order chi connectivity index (χ0) is 19.2. The molecule has 1 amide bonds. The van der Waals surface area contributed by atoms with Crippen LogP contribution in [-0.2, 0) is 23.9 Å². The number of carbonyl (C=O) groups is 3. The lowest BCUT2D eigenvalue weighted by atomic mass is 10.2. The fourth-order valence-electron chi connectivity index (χ4n) is 2.40. The Morgan fingerprint density at radius 1 is 1.00 bits per heavy atom. The number of nitrogens with one attached hydrogen (secondary N) is 2. The molecule has 1 heterocycles. The molecule has 138 valence electrons. The van der Waals surface area contributed by atoms with Crippen molar-refractivity contribution in [2.75, 3.05) is 17.2 Å². The first-order valence-corrected chi connectivity index (χ1v) is 8.34. The van der Waals surface area contributed by atoms with Gasteiger partial charge in [0.1, 0.15) is 0 Å². The largest absolute Gasteiger partial charge is 0.470 e. The molecule has 0 aromatic heterocycles. The van der Waals surface area contributed by atoms with Crippen LogP contribution in [0.2, 0.25) is 0 Å². The molecule has 0 aliphatic carbocycles. The molecule has 1 aliphatic rings. The molecule has 2 aromatic rings. The number of hydrogen-bond acceptors (Lipinski definition) is 6. The first kappa shape index (κ1) is 18.2. The number of rotatable bonds is 6. The van der Waals surface area contributed by atoms with E-state index in [-0.39, 0.29) is 18.1 Å². The highest BCUT2D eigenvalue weighted by Gasteiger charge is 2.34. The summed E-state index contributed by atoms with van der Waals surface area (Å²) in [7, 11) is 0. The van der Waals surface area contributed by atoms with Crippen LogP contribution in [0.25, 0.3) is 0 Å². The summed E-state index contributed by atoms with van der Waals surface area (Å²) >= 11 is 0. The number of benzene rings is 2. The highest BCUT2D eigenvalue weighted by Crippen LogP contribution is 2.21. The van der Waals surface area contributed by atoms with Crippen LogP contribution in [0.3, 0.4) is 0 Å². The molecule has 2 aromatic carbocycles. The van der Waals surface area contributed by atoms with Crippen LogP contribution in [0, 0.1) is 0 Å². The minimum absolute atomic E-state index is 0.0202. The fourth-order valence-corrected chi connectivity index (χ4v) is 2.40. The SMILES string of the molecule is C[C@H](OC(=O)C1=C(Nc2ccccc2)OCC1=O)C(=O)Nc1ccccc1. The van der Waals surface area contributed by atoms with Crippen LogP contribution in [0.15, 0.2) is 72.1 Å². The van der Waals surface area contributed by atoms with Gasteiger partial charge in [0.05, 0.1) is 0 Å². The Morgan fingerprint density at radius 3 is 2.22 bits per heavy atom. The molecule has 1 aliphatic heterocycles. The minimum atomic E-state index is -1.09. The Kier molecular flexibility index (Phi) is 5.51. The normalized spacial score (nSPS) is 14.3. The monoisotopic (exact) mass is 366 g/mol. The van der Waals surface area contributed by atoms with Crippen LogP contribution in [0.4, 0.5) is 11.4 Å². The first-order chi connectivity index (χ1) is 13.0. The van der Waals surface area contributed by atoms with E-state index in [9.17, 15) is 14.4 Å². The van der Waals surface area contributed by atoms with Crippen LogP contribution in [-0.4, -0.2) is 30.4 Å². The van der Waals surface area contributed by atoms with Crippen LogP contribution in [0.5, 0.6) is 0 Å². The van der Waals surface area contributed by atoms with Gasteiger partial charge in [-0.2, -0.15) is 0 Å². The molecule has 0 bridgehead atoms. The van der Waals surface area contributed by atoms with Crippen molar-refractivity contribution in [2.24, 2.45) is 0 Å². The predicted octanol–water partition coefficient (Wildman–Crippen LogP) is 2.48. The van der Waals surface area contributed by atoms with Gasteiger partial charge in [0.15, 0.2) is 18.3 Å². The second kappa shape index (κ2) is 8.18. The number of anilines is 2. The molecule has 2 N–H and O–H groups in total. The highest BCUT2D eigenvalue weighted by atomic mass is 16.6. The van der Waals surface area contributed by atoms with Crippen molar-refractivity contribution in [3.63, 3.8) is 0 Å². The van der Waals surface area contributed by atoms with E-state index in [2.05, 4.69) is 10.6 Å². The van der Waals surface area contributed by atoms with E-state index in [0.717, 1.165) is 0 Å². The number of hydrogen-bond donors (Lipinski definition) is 2. The zero-order valence-electron chi connectivity index (χ0n) is 14.6. The zero-order valence-corrected chi connectivity index (χ0v) is 14.6. The predicted molar refractivity (Wildman–Crippen MR) is 98.7 cm³/mol. The number of carbonyl (C=O) groups excluding carboxylic acids is 3. The van der Waals surface area contributed by atoms with Gasteiger partial charge in [-0.15, -0.1) is 0 Å². The summed E-state index contributed by atoms with van der Waals surface area (Å²) in [6, 6.07) is 17.7. The van der Waals surface area contributed by atoms with E-state index in [1.54, 1.807) is 48.5 Å². The maximum absolute atomic E-state index is 12.4. The molecule has 27 heavy (non-hydrogen) atoms. The third kappa shape index (κ3) is 4.52. The molecular weight excluding hydrogens is 348 g/mol. The summed E-state index contributed by atoms with van der Waals surface area (Å²) in [5.41, 5.74) is 0.997. The van der Waals surface area contributed by atoms with E-state index in [1.165, 1.54) is 6.92 Å². The Labute approximate surface area is 156 Å². The van der Waals surface area contributed by atoms with Crippen LogP contribution < -0.4 is 10.6 Å². The Hall–Kier alpha value is -3.61. The lowest BCUT2D eigenvalue weighted by Gasteiger charge is -2.14. The maximum atomic E-state index is 12.4. The van der Waals surface area contributed by atoms with E-state index >= 15 is 0 Å². The minimum Gasteiger partial charge on any atom is -0.470 e. The van der Waals surface area contributed by atoms with E-state index in [1.807, 2.05) is 12.1 Å². The van der Waals surface area contributed by atoms with Gasteiger partial charge in [-0.1, -0.05) is 36.4 Å². The number of amides is 1. The second-order valence-corrected chi connectivity index (χ2v) is 5.81. The van der Waals surface area contributed by atoms with Gasteiger partial charge < -0.3 is 20.1 Å². The number of ether oxygens (including phenoxy) is 2. The maximum Gasteiger partial charge on any atom is 0.348 e. The van der Waals surface area contributed by atoms with Crippen molar-refractivity contribution in [2.45, 2.75) is 13.0 Å². The summed E-state index contributed by atoms with van der Waals surface area (Å²) in [5, 5.41) is 5.52. The Balaban J connectivity index is 1.68. The summed E-state index contributed by atoms with van der Waals surface area (Å²) in [5.74, 6) is -1.90. The smallest absolute Gasteiger partial charge is 0.348 e. The van der Waals surface area contributed by atoms with Gasteiger partial charge >= 0.3 is 5.97 Å². The van der Waals surface area contributed by atoms with Gasteiger partial charge in [-0.25, -0.2) is 4.79 Å². The fraction of sp³-hybridized carbons (Fsp3) is 0.150. The number of para-hydroxylation sites is 2. The summed E-state index contributed by atoms with van der Waals surface area (Å²) < 4.78 is 10.4. The van der Waals surface area contributed by atoms with Crippen molar-refractivity contribution in [1.29, 1.82) is 0 Å². The summed E-state index contributed by atoms with van der Waals surface area (Å²) in [6.45, 7) is 1.17. The lowest BCUT2D eigenvalue weighted by Crippen LogP contribution is -2.31. The summed E-state index contributed by atoms with van der Waals surface area (Å²) in [4.78, 5) is 36.6. The molecule has 0 radical (unpaired) electrons. The molecule has 0 fully saturated rings. The molecule has 3 rings (SSSR count).